The zero-order valence-electron chi connectivity index (χ0n) is 5.84. The summed E-state index contributed by atoms with van der Waals surface area (Å²) in [7, 11) is 0. The molecule has 3 heterocycles. The number of piperidine rings is 1. The minimum Gasteiger partial charge on any atom is -0.352 e. The normalized spacial score (nSPS) is 39.0. The number of rotatable bonds is 0. The molecule has 0 spiro atoms. The van der Waals surface area contributed by atoms with Gasteiger partial charge in [-0.05, 0) is 12.8 Å². The van der Waals surface area contributed by atoms with Gasteiger partial charge >= 0.3 is 0 Å². The van der Waals surface area contributed by atoms with Crippen molar-refractivity contribution < 1.29 is 4.79 Å². The second kappa shape index (κ2) is 2.23. The summed E-state index contributed by atoms with van der Waals surface area (Å²) in [6.07, 6.45) is 2.23. The Bertz CT molecular complexity index is 134. The number of hydrogen-bond acceptors (Lipinski definition) is 2. The quantitative estimate of drug-likeness (QED) is 0.501. The lowest BCUT2D eigenvalue weighted by Crippen LogP contribution is -2.35. The summed E-state index contributed by atoms with van der Waals surface area (Å²) in [6.45, 7) is 3.78. The van der Waals surface area contributed by atoms with Gasteiger partial charge in [-0.1, -0.05) is 0 Å². The third kappa shape index (κ3) is 1.01. The fourth-order valence-corrected chi connectivity index (χ4v) is 1.58. The average Bonchev–Trinajstić information content (AvgIpc) is 2.17. The number of fused-ring (bicyclic) bond motifs is 4. The minimum atomic E-state index is 0.0833. The molecule has 0 unspecified atom stereocenters. The van der Waals surface area contributed by atoms with E-state index < -0.39 is 0 Å². The Morgan fingerprint density at radius 2 is 2.20 bits per heavy atom. The van der Waals surface area contributed by atoms with Crippen LogP contribution in [0, 0.1) is 6.54 Å². The molecule has 0 aromatic heterocycles. The summed E-state index contributed by atoms with van der Waals surface area (Å²) in [5.41, 5.74) is 0. The van der Waals surface area contributed by atoms with Crippen molar-refractivity contribution >= 4 is 5.91 Å². The number of nitrogens with zero attached hydrogens (tertiary/aromatic N) is 1. The van der Waals surface area contributed by atoms with Crippen molar-refractivity contribution in [1.29, 1.82) is 0 Å². The maximum absolute atomic E-state index is 10.9. The van der Waals surface area contributed by atoms with Crippen LogP contribution in [-0.2, 0) is 4.79 Å². The summed E-state index contributed by atoms with van der Waals surface area (Å²) in [6, 6.07) is 0.447. The lowest BCUT2D eigenvalue weighted by Gasteiger charge is -2.24. The SMILES string of the molecule is O=C1[CH]N2CCC(CC2)N1. The minimum absolute atomic E-state index is 0.0833. The topological polar surface area (TPSA) is 32.3 Å². The van der Waals surface area contributed by atoms with Gasteiger partial charge in [0.25, 0.3) is 0 Å². The zero-order chi connectivity index (χ0) is 6.97. The Morgan fingerprint density at radius 1 is 1.50 bits per heavy atom. The third-order valence-electron chi connectivity index (χ3n) is 2.18. The molecule has 1 N–H and O–H groups in total. The van der Waals surface area contributed by atoms with Crippen LogP contribution in [-0.4, -0.2) is 29.9 Å². The van der Waals surface area contributed by atoms with Gasteiger partial charge in [-0.3, -0.25) is 9.69 Å². The first-order valence-electron chi connectivity index (χ1n) is 3.74. The second-order valence-electron chi connectivity index (χ2n) is 2.95. The largest absolute Gasteiger partial charge is 0.352 e. The number of amides is 1. The highest BCUT2D eigenvalue weighted by molar-refractivity contribution is 5.84. The predicted octanol–water partition coefficient (Wildman–Crippen LogP) is -0.258. The van der Waals surface area contributed by atoms with Crippen LogP contribution in [0.4, 0.5) is 0 Å². The molecule has 0 aromatic carbocycles. The maximum atomic E-state index is 10.9. The van der Waals surface area contributed by atoms with E-state index in [9.17, 15) is 4.79 Å². The third-order valence-corrected chi connectivity index (χ3v) is 2.18. The molecule has 3 heteroatoms. The summed E-state index contributed by atoms with van der Waals surface area (Å²) in [4.78, 5) is 13.0. The van der Waals surface area contributed by atoms with Gasteiger partial charge in [-0.25, -0.2) is 0 Å². The predicted molar refractivity (Wildman–Crippen MR) is 37.0 cm³/mol. The van der Waals surface area contributed by atoms with Crippen LogP contribution in [0.3, 0.4) is 0 Å². The molecule has 3 saturated heterocycles. The van der Waals surface area contributed by atoms with E-state index in [1.807, 2.05) is 0 Å². The van der Waals surface area contributed by atoms with Crippen LogP contribution < -0.4 is 5.32 Å². The molecule has 10 heavy (non-hydrogen) atoms. The molecule has 1 amide bonds. The molecule has 0 atom stereocenters. The summed E-state index contributed by atoms with van der Waals surface area (Å²) in [5, 5.41) is 2.93. The number of carbonyl (C=O) groups is 1. The van der Waals surface area contributed by atoms with Crippen molar-refractivity contribution in [2.45, 2.75) is 18.9 Å². The van der Waals surface area contributed by atoms with Gasteiger partial charge in [0, 0.05) is 19.1 Å². The molecule has 0 saturated carbocycles. The van der Waals surface area contributed by atoms with E-state index in [1.54, 1.807) is 6.54 Å². The molecule has 3 rings (SSSR count). The number of hydrogen-bond donors (Lipinski definition) is 1. The van der Waals surface area contributed by atoms with Crippen molar-refractivity contribution in [3.05, 3.63) is 6.54 Å². The Labute approximate surface area is 60.4 Å². The van der Waals surface area contributed by atoms with Crippen LogP contribution in [0.15, 0.2) is 0 Å². The first-order valence-corrected chi connectivity index (χ1v) is 3.74. The van der Waals surface area contributed by atoms with Gasteiger partial charge in [-0.15, -0.1) is 0 Å². The van der Waals surface area contributed by atoms with Gasteiger partial charge in [0.1, 0.15) is 6.54 Å². The van der Waals surface area contributed by atoms with Crippen LogP contribution in [0.2, 0.25) is 0 Å². The smallest absolute Gasteiger partial charge is 0.239 e. The first-order chi connectivity index (χ1) is 4.84. The van der Waals surface area contributed by atoms with Crippen molar-refractivity contribution in [2.24, 2.45) is 0 Å². The Morgan fingerprint density at radius 3 is 2.90 bits per heavy atom. The van der Waals surface area contributed by atoms with Crippen LogP contribution >= 0.6 is 0 Å². The summed E-state index contributed by atoms with van der Waals surface area (Å²) in [5.74, 6) is 0.0833. The van der Waals surface area contributed by atoms with Gasteiger partial charge < -0.3 is 5.32 Å². The van der Waals surface area contributed by atoms with E-state index in [1.165, 1.54) is 0 Å². The van der Waals surface area contributed by atoms with Crippen molar-refractivity contribution in [1.82, 2.24) is 10.2 Å². The molecular formula is C7H11N2O. The Kier molecular flexibility index (Phi) is 1.38. The Balaban J connectivity index is 2.12. The van der Waals surface area contributed by atoms with E-state index in [0.29, 0.717) is 6.04 Å². The average molecular weight is 139 g/mol. The molecule has 3 aliphatic rings. The lowest BCUT2D eigenvalue weighted by molar-refractivity contribution is -0.118. The highest BCUT2D eigenvalue weighted by Gasteiger charge is 2.26. The molecular weight excluding hydrogens is 128 g/mol. The van der Waals surface area contributed by atoms with Gasteiger partial charge in [0.2, 0.25) is 5.91 Å². The summed E-state index contributed by atoms with van der Waals surface area (Å²) >= 11 is 0. The number of carbonyl (C=O) groups excluding carboxylic acids is 1. The monoisotopic (exact) mass is 139 g/mol. The molecule has 1 radical (unpaired) electrons. The van der Waals surface area contributed by atoms with E-state index in [-0.39, 0.29) is 5.91 Å². The fourth-order valence-electron chi connectivity index (χ4n) is 1.58. The van der Waals surface area contributed by atoms with Crippen LogP contribution in [0.25, 0.3) is 0 Å². The molecule has 0 aromatic rings. The van der Waals surface area contributed by atoms with Crippen molar-refractivity contribution in [3.8, 4) is 0 Å². The number of nitrogens with one attached hydrogen (secondary N) is 1. The molecule has 0 aliphatic carbocycles. The maximum Gasteiger partial charge on any atom is 0.239 e. The molecule has 2 bridgehead atoms. The Hall–Kier alpha value is -0.570. The van der Waals surface area contributed by atoms with Crippen LogP contribution in [0.1, 0.15) is 12.8 Å². The standard InChI is InChI=1S/C7H11N2O/c10-7-5-9-3-1-6(8-7)2-4-9/h5-6H,1-4H2,(H,8,10). The molecule has 3 nitrogen and oxygen atoms in total. The molecule has 3 aliphatic heterocycles. The van der Waals surface area contributed by atoms with E-state index in [2.05, 4.69) is 10.2 Å². The van der Waals surface area contributed by atoms with Crippen molar-refractivity contribution in [3.63, 3.8) is 0 Å². The van der Waals surface area contributed by atoms with E-state index >= 15 is 0 Å². The van der Waals surface area contributed by atoms with Gasteiger partial charge in [-0.2, -0.15) is 0 Å². The fraction of sp³-hybridized carbons (Fsp3) is 0.714. The highest BCUT2D eigenvalue weighted by atomic mass is 16.2. The highest BCUT2D eigenvalue weighted by Crippen LogP contribution is 2.15. The molecule has 55 valence electrons. The van der Waals surface area contributed by atoms with Crippen molar-refractivity contribution in [2.75, 3.05) is 13.1 Å². The van der Waals surface area contributed by atoms with Gasteiger partial charge in [0.15, 0.2) is 0 Å². The lowest BCUT2D eigenvalue weighted by atomic mass is 10.1. The molecule has 3 fully saturated rings. The second-order valence-corrected chi connectivity index (χ2v) is 2.95. The summed E-state index contributed by atoms with van der Waals surface area (Å²) < 4.78 is 0. The van der Waals surface area contributed by atoms with Crippen LogP contribution in [0.5, 0.6) is 0 Å². The van der Waals surface area contributed by atoms with Gasteiger partial charge in [0.05, 0.1) is 0 Å². The first kappa shape index (κ1) is 6.16. The van der Waals surface area contributed by atoms with E-state index in [0.717, 1.165) is 25.9 Å². The zero-order valence-corrected chi connectivity index (χ0v) is 5.84. The van der Waals surface area contributed by atoms with E-state index in [4.69, 9.17) is 0 Å².